The number of hydrogen-bond donors (Lipinski definition) is 0. The van der Waals surface area contributed by atoms with E-state index >= 15 is 0 Å². The molecule has 5 rings (SSSR count). The Hall–Kier alpha value is -2.44. The largest absolute Gasteiger partial charge is 0.337 e. The molecule has 0 spiro atoms. The summed E-state index contributed by atoms with van der Waals surface area (Å²) in [5.74, 6) is 0.112. The molecule has 1 amide bonds. The first-order valence-corrected chi connectivity index (χ1v) is 10.2. The number of carbonyl (C=O) groups excluding carboxylic acids is 1. The topological polar surface area (TPSA) is 41.4 Å². The number of rotatable bonds is 4. The number of nitrogens with zero attached hydrogens (tertiary/aromatic N) is 4. The molecule has 1 fully saturated rings. The second-order valence-corrected chi connectivity index (χ2v) is 8.77. The summed E-state index contributed by atoms with van der Waals surface area (Å²) in [5.41, 5.74) is 1.73. The van der Waals surface area contributed by atoms with Gasteiger partial charge in [0, 0.05) is 41.8 Å². The zero-order valence-corrected chi connectivity index (χ0v) is 16.1. The van der Waals surface area contributed by atoms with Crippen molar-refractivity contribution in [2.24, 2.45) is 0 Å². The minimum Gasteiger partial charge on any atom is -0.337 e. The summed E-state index contributed by atoms with van der Waals surface area (Å²) >= 11 is 1.86. The van der Waals surface area contributed by atoms with Crippen LogP contribution < -0.4 is 0 Å². The highest BCUT2D eigenvalue weighted by atomic mass is 32.1. The third-order valence-corrected chi connectivity index (χ3v) is 6.57. The van der Waals surface area contributed by atoms with Gasteiger partial charge in [-0.15, -0.1) is 11.3 Å². The van der Waals surface area contributed by atoms with E-state index in [0.717, 1.165) is 31.0 Å². The van der Waals surface area contributed by atoms with Crippen molar-refractivity contribution in [3.8, 4) is 0 Å². The quantitative estimate of drug-likeness (QED) is 0.699. The van der Waals surface area contributed by atoms with Gasteiger partial charge in [-0.05, 0) is 43.3 Å². The summed E-state index contributed by atoms with van der Waals surface area (Å²) in [4.78, 5) is 24.8. The highest BCUT2D eigenvalue weighted by molar-refractivity contribution is 7.11. The minimum atomic E-state index is 0.112. The molecular formula is C21H22N4OS. The molecule has 0 N–H and O–H groups in total. The first-order valence-electron chi connectivity index (χ1n) is 9.34. The Morgan fingerprint density at radius 2 is 1.96 bits per heavy atom. The van der Waals surface area contributed by atoms with Crippen LogP contribution in [0.25, 0.3) is 0 Å². The van der Waals surface area contributed by atoms with E-state index in [-0.39, 0.29) is 11.9 Å². The van der Waals surface area contributed by atoms with Gasteiger partial charge in [-0.3, -0.25) is 14.7 Å². The fourth-order valence-electron chi connectivity index (χ4n) is 4.36. The Kier molecular flexibility index (Phi) is 4.10. The van der Waals surface area contributed by atoms with Gasteiger partial charge < -0.3 is 9.47 Å². The molecule has 5 heterocycles. The summed E-state index contributed by atoms with van der Waals surface area (Å²) in [5, 5.41) is 0. The Bertz CT molecular complexity index is 963. The molecule has 3 aromatic heterocycles. The van der Waals surface area contributed by atoms with Gasteiger partial charge in [0.1, 0.15) is 5.69 Å². The van der Waals surface area contributed by atoms with E-state index in [1.165, 1.54) is 9.75 Å². The molecule has 6 heteroatoms. The van der Waals surface area contributed by atoms with Gasteiger partial charge in [0.15, 0.2) is 0 Å². The second kappa shape index (κ2) is 6.62. The molecule has 5 nitrogen and oxygen atoms in total. The lowest BCUT2D eigenvalue weighted by Gasteiger charge is -2.38. The maximum Gasteiger partial charge on any atom is 0.271 e. The van der Waals surface area contributed by atoms with Crippen LogP contribution in [0.1, 0.15) is 32.0 Å². The van der Waals surface area contributed by atoms with E-state index in [9.17, 15) is 4.79 Å². The van der Waals surface area contributed by atoms with Crippen LogP contribution in [-0.4, -0.2) is 44.4 Å². The van der Waals surface area contributed by atoms with Crippen LogP contribution in [0.4, 0.5) is 0 Å². The maximum atomic E-state index is 13.2. The monoisotopic (exact) mass is 378 g/mol. The lowest BCUT2D eigenvalue weighted by molar-refractivity contribution is 0.0553. The van der Waals surface area contributed by atoms with Crippen LogP contribution in [0.3, 0.4) is 0 Å². The molecule has 27 heavy (non-hydrogen) atoms. The van der Waals surface area contributed by atoms with Gasteiger partial charge in [0.05, 0.1) is 24.3 Å². The van der Waals surface area contributed by atoms with Crippen molar-refractivity contribution in [3.63, 3.8) is 0 Å². The normalized spacial score (nSPS) is 22.1. The predicted molar refractivity (Wildman–Crippen MR) is 106 cm³/mol. The smallest absolute Gasteiger partial charge is 0.271 e. The van der Waals surface area contributed by atoms with Crippen LogP contribution in [0.5, 0.6) is 0 Å². The number of amides is 1. The molecule has 138 valence electrons. The van der Waals surface area contributed by atoms with E-state index in [1.807, 2.05) is 46.6 Å². The van der Waals surface area contributed by atoms with Crippen molar-refractivity contribution in [1.29, 1.82) is 0 Å². The highest BCUT2D eigenvalue weighted by Crippen LogP contribution is 2.35. The Labute approximate surface area is 162 Å². The fraction of sp³-hybridized carbons (Fsp3) is 0.333. The van der Waals surface area contributed by atoms with Crippen molar-refractivity contribution in [2.75, 3.05) is 13.1 Å². The molecule has 0 radical (unpaired) electrons. The average Bonchev–Trinajstić information content (AvgIpc) is 3.39. The molecular weight excluding hydrogens is 356 g/mol. The molecule has 3 aromatic rings. The molecule has 0 aromatic carbocycles. The van der Waals surface area contributed by atoms with Crippen molar-refractivity contribution >= 4 is 17.2 Å². The van der Waals surface area contributed by atoms with Gasteiger partial charge in [-0.1, -0.05) is 6.07 Å². The molecule has 0 bridgehead atoms. The molecule has 1 saturated heterocycles. The second-order valence-electron chi connectivity index (χ2n) is 7.40. The molecule has 2 aliphatic heterocycles. The third kappa shape index (κ3) is 2.99. The number of hydrogen-bond acceptors (Lipinski definition) is 4. The zero-order chi connectivity index (χ0) is 18.4. The summed E-state index contributed by atoms with van der Waals surface area (Å²) in [6.45, 7) is 5.54. The highest BCUT2D eigenvalue weighted by Gasteiger charge is 2.44. The number of aromatic nitrogens is 2. The van der Waals surface area contributed by atoms with Crippen LogP contribution in [0.2, 0.25) is 0 Å². The lowest BCUT2D eigenvalue weighted by Crippen LogP contribution is -2.49. The van der Waals surface area contributed by atoms with E-state index in [1.54, 1.807) is 6.20 Å². The standard InChI is InChI=1S/C21H22N4OS/c1-15-7-8-17(27-15)12-23-13-19-20(14-23)25(11-16-5-2-3-9-22-16)21(26)18-6-4-10-24(18)19/h2-10,19-20H,11-14H2,1H3/t19-,20-/m1/s1. The number of thiophene rings is 1. The number of likely N-dealkylation sites (tertiary alicyclic amines) is 1. The van der Waals surface area contributed by atoms with Crippen molar-refractivity contribution < 1.29 is 4.79 Å². The van der Waals surface area contributed by atoms with E-state index in [2.05, 4.69) is 39.7 Å². The Morgan fingerprint density at radius 1 is 1.07 bits per heavy atom. The molecule has 2 atom stereocenters. The zero-order valence-electron chi connectivity index (χ0n) is 15.3. The summed E-state index contributed by atoms with van der Waals surface area (Å²) in [6.07, 6.45) is 3.85. The maximum absolute atomic E-state index is 13.2. The summed E-state index contributed by atoms with van der Waals surface area (Å²) < 4.78 is 2.18. The number of aryl methyl sites for hydroxylation is 1. The number of pyridine rings is 1. The van der Waals surface area contributed by atoms with E-state index in [0.29, 0.717) is 12.6 Å². The minimum absolute atomic E-state index is 0.112. The first-order chi connectivity index (χ1) is 13.2. The van der Waals surface area contributed by atoms with Crippen LogP contribution in [0.15, 0.2) is 54.9 Å². The van der Waals surface area contributed by atoms with E-state index in [4.69, 9.17) is 0 Å². The van der Waals surface area contributed by atoms with Crippen molar-refractivity contribution in [2.45, 2.75) is 32.1 Å². The molecule has 2 aliphatic rings. The third-order valence-electron chi connectivity index (χ3n) is 5.59. The van der Waals surface area contributed by atoms with Crippen LogP contribution in [-0.2, 0) is 13.1 Å². The fourth-order valence-corrected chi connectivity index (χ4v) is 5.30. The molecule has 0 aliphatic carbocycles. The lowest BCUT2D eigenvalue weighted by atomic mass is 10.1. The van der Waals surface area contributed by atoms with Gasteiger partial charge >= 0.3 is 0 Å². The average molecular weight is 379 g/mol. The number of carbonyl (C=O) groups is 1. The summed E-state index contributed by atoms with van der Waals surface area (Å²) in [6, 6.07) is 14.7. The first kappa shape index (κ1) is 16.7. The van der Waals surface area contributed by atoms with Crippen LogP contribution in [0, 0.1) is 6.92 Å². The Morgan fingerprint density at radius 3 is 2.74 bits per heavy atom. The SMILES string of the molecule is Cc1ccc(CN2C[C@@H]3[C@@H](C2)n2cccc2C(=O)N3Cc2ccccn2)s1. The van der Waals surface area contributed by atoms with Gasteiger partial charge in [-0.2, -0.15) is 0 Å². The van der Waals surface area contributed by atoms with Crippen LogP contribution >= 0.6 is 11.3 Å². The molecule has 0 saturated carbocycles. The van der Waals surface area contributed by atoms with E-state index < -0.39 is 0 Å². The van der Waals surface area contributed by atoms with Gasteiger partial charge in [0.2, 0.25) is 0 Å². The number of fused-ring (bicyclic) bond motifs is 3. The summed E-state index contributed by atoms with van der Waals surface area (Å²) in [7, 11) is 0. The molecule has 0 unspecified atom stereocenters. The van der Waals surface area contributed by atoms with Crippen molar-refractivity contribution in [3.05, 3.63) is 76.0 Å². The Balaban J connectivity index is 1.43. The van der Waals surface area contributed by atoms with Gasteiger partial charge in [-0.25, -0.2) is 0 Å². The van der Waals surface area contributed by atoms with Gasteiger partial charge in [0.25, 0.3) is 5.91 Å². The predicted octanol–water partition coefficient (Wildman–Crippen LogP) is 3.33. The van der Waals surface area contributed by atoms with Crippen molar-refractivity contribution in [1.82, 2.24) is 19.4 Å².